The number of thioether (sulfide) groups is 1. The summed E-state index contributed by atoms with van der Waals surface area (Å²) in [6.45, 7) is 3.70. The standard InChI is InChI=1S/C19H18BrNO2S/c1-2-13-24-18-6-4-3-5-16(18)21-19(23)12-11-17(22)14-7-9-15(20)10-8-14/h2-10H,1,11-13H2,(H,21,23). The number of nitrogens with one attached hydrogen (secondary N) is 1. The van der Waals surface area contributed by atoms with E-state index >= 15 is 0 Å². The minimum Gasteiger partial charge on any atom is -0.325 e. The highest BCUT2D eigenvalue weighted by Gasteiger charge is 2.11. The SMILES string of the molecule is C=CCSc1ccccc1NC(=O)CCC(=O)c1ccc(Br)cc1. The van der Waals surface area contributed by atoms with Crippen molar-refractivity contribution in [1.29, 1.82) is 0 Å². The zero-order valence-corrected chi connectivity index (χ0v) is 15.5. The van der Waals surface area contributed by atoms with Crippen LogP contribution in [0, 0.1) is 0 Å². The molecule has 0 heterocycles. The molecule has 1 amide bonds. The number of ketones is 1. The molecule has 0 unspecified atom stereocenters. The molecular weight excluding hydrogens is 386 g/mol. The number of anilines is 1. The summed E-state index contributed by atoms with van der Waals surface area (Å²) >= 11 is 4.94. The van der Waals surface area contributed by atoms with E-state index in [-0.39, 0.29) is 24.5 Å². The van der Waals surface area contributed by atoms with Crippen molar-refractivity contribution in [3.8, 4) is 0 Å². The Morgan fingerprint density at radius 2 is 1.79 bits per heavy atom. The molecule has 0 fully saturated rings. The van der Waals surface area contributed by atoms with Gasteiger partial charge in [0, 0.05) is 33.5 Å². The summed E-state index contributed by atoms with van der Waals surface area (Å²) in [5.41, 5.74) is 1.39. The van der Waals surface area contributed by atoms with E-state index in [1.54, 1.807) is 23.9 Å². The number of para-hydroxylation sites is 1. The lowest BCUT2D eigenvalue weighted by Gasteiger charge is -2.10. The van der Waals surface area contributed by atoms with E-state index in [9.17, 15) is 9.59 Å². The molecule has 124 valence electrons. The highest BCUT2D eigenvalue weighted by atomic mass is 79.9. The molecule has 0 atom stereocenters. The molecule has 0 aromatic heterocycles. The van der Waals surface area contributed by atoms with Crippen LogP contribution in [0.2, 0.25) is 0 Å². The normalized spacial score (nSPS) is 10.2. The number of amides is 1. The number of carbonyl (C=O) groups is 2. The Kier molecular flexibility index (Phi) is 7.28. The fourth-order valence-electron chi connectivity index (χ4n) is 2.06. The summed E-state index contributed by atoms with van der Waals surface area (Å²) in [6.07, 6.45) is 2.17. The third kappa shape index (κ3) is 5.65. The first kappa shape index (κ1) is 18.5. The molecule has 0 bridgehead atoms. The van der Waals surface area contributed by atoms with E-state index in [1.165, 1.54) is 0 Å². The van der Waals surface area contributed by atoms with E-state index < -0.39 is 0 Å². The van der Waals surface area contributed by atoms with Gasteiger partial charge in [0.1, 0.15) is 0 Å². The van der Waals surface area contributed by atoms with Gasteiger partial charge in [-0.05, 0) is 24.3 Å². The van der Waals surface area contributed by atoms with Gasteiger partial charge >= 0.3 is 0 Å². The van der Waals surface area contributed by atoms with Crippen molar-refractivity contribution in [1.82, 2.24) is 0 Å². The van der Waals surface area contributed by atoms with Crippen LogP contribution >= 0.6 is 27.7 Å². The molecule has 0 saturated heterocycles. The van der Waals surface area contributed by atoms with Gasteiger partial charge in [-0.25, -0.2) is 0 Å². The number of rotatable bonds is 8. The Bertz CT molecular complexity index is 728. The first-order valence-corrected chi connectivity index (χ1v) is 9.29. The van der Waals surface area contributed by atoms with Crippen LogP contribution < -0.4 is 5.32 Å². The van der Waals surface area contributed by atoms with Crippen molar-refractivity contribution in [2.45, 2.75) is 17.7 Å². The van der Waals surface area contributed by atoms with Crippen LogP contribution in [0.3, 0.4) is 0 Å². The number of carbonyl (C=O) groups excluding carboxylic acids is 2. The summed E-state index contributed by atoms with van der Waals surface area (Å²) in [5, 5.41) is 2.88. The maximum atomic E-state index is 12.1. The molecule has 3 nitrogen and oxygen atoms in total. The van der Waals surface area contributed by atoms with Gasteiger partial charge in [0.05, 0.1) is 5.69 Å². The van der Waals surface area contributed by atoms with Gasteiger partial charge in [-0.15, -0.1) is 18.3 Å². The molecule has 2 rings (SSSR count). The number of halogens is 1. The van der Waals surface area contributed by atoms with Crippen molar-refractivity contribution in [2.75, 3.05) is 11.1 Å². The molecule has 5 heteroatoms. The molecule has 0 aliphatic carbocycles. The number of Topliss-reactive ketones (excluding diaryl/α,β-unsaturated/α-hetero) is 1. The van der Waals surface area contributed by atoms with Crippen LogP contribution in [-0.4, -0.2) is 17.4 Å². The van der Waals surface area contributed by atoms with E-state index in [2.05, 4.69) is 27.8 Å². The van der Waals surface area contributed by atoms with E-state index in [0.717, 1.165) is 20.8 Å². The minimum atomic E-state index is -0.160. The zero-order valence-electron chi connectivity index (χ0n) is 13.1. The highest BCUT2D eigenvalue weighted by molar-refractivity contribution is 9.10. The average Bonchev–Trinajstić information content (AvgIpc) is 2.59. The first-order valence-electron chi connectivity index (χ1n) is 7.51. The van der Waals surface area contributed by atoms with E-state index in [4.69, 9.17) is 0 Å². The lowest BCUT2D eigenvalue weighted by atomic mass is 10.1. The zero-order chi connectivity index (χ0) is 17.4. The largest absolute Gasteiger partial charge is 0.325 e. The second kappa shape index (κ2) is 9.45. The van der Waals surface area contributed by atoms with Crippen molar-refractivity contribution in [3.63, 3.8) is 0 Å². The smallest absolute Gasteiger partial charge is 0.224 e. The Balaban J connectivity index is 1.90. The van der Waals surface area contributed by atoms with Crippen LogP contribution in [0.1, 0.15) is 23.2 Å². The third-order valence-corrected chi connectivity index (χ3v) is 4.86. The Hall–Kier alpha value is -1.85. The molecule has 0 radical (unpaired) electrons. The van der Waals surface area contributed by atoms with E-state index in [0.29, 0.717) is 5.56 Å². The second-order valence-corrected chi connectivity index (χ2v) is 7.05. The predicted molar refractivity (Wildman–Crippen MR) is 104 cm³/mol. The van der Waals surface area contributed by atoms with Crippen LogP contribution in [0.5, 0.6) is 0 Å². The van der Waals surface area contributed by atoms with Crippen LogP contribution in [-0.2, 0) is 4.79 Å². The van der Waals surface area contributed by atoms with Gasteiger partial charge in [0.15, 0.2) is 5.78 Å². The molecule has 2 aromatic rings. The van der Waals surface area contributed by atoms with Crippen molar-refractivity contribution >= 4 is 45.1 Å². The topological polar surface area (TPSA) is 46.2 Å². The summed E-state index contributed by atoms with van der Waals surface area (Å²) in [5.74, 6) is 0.577. The number of hydrogen-bond acceptors (Lipinski definition) is 3. The summed E-state index contributed by atoms with van der Waals surface area (Å²) in [7, 11) is 0. The molecular formula is C19H18BrNO2S. The lowest BCUT2D eigenvalue weighted by Crippen LogP contribution is -2.14. The van der Waals surface area contributed by atoms with Crippen LogP contribution in [0.15, 0.2) is 70.6 Å². The van der Waals surface area contributed by atoms with Gasteiger partial charge in [0.2, 0.25) is 5.91 Å². The molecule has 24 heavy (non-hydrogen) atoms. The monoisotopic (exact) mass is 403 g/mol. The predicted octanol–water partition coefficient (Wildman–Crippen LogP) is 5.33. The maximum absolute atomic E-state index is 12.1. The van der Waals surface area contributed by atoms with Gasteiger partial charge in [0.25, 0.3) is 0 Å². The summed E-state index contributed by atoms with van der Waals surface area (Å²) in [6, 6.07) is 14.8. The second-order valence-electron chi connectivity index (χ2n) is 5.07. The lowest BCUT2D eigenvalue weighted by molar-refractivity contribution is -0.116. The van der Waals surface area contributed by atoms with Gasteiger partial charge in [-0.3, -0.25) is 9.59 Å². The first-order chi connectivity index (χ1) is 11.6. The van der Waals surface area contributed by atoms with Crippen molar-refractivity contribution < 1.29 is 9.59 Å². The van der Waals surface area contributed by atoms with Crippen molar-refractivity contribution in [2.24, 2.45) is 0 Å². The Labute approximate surface area is 154 Å². The fraction of sp³-hybridized carbons (Fsp3) is 0.158. The van der Waals surface area contributed by atoms with Gasteiger partial charge in [-0.2, -0.15) is 0 Å². The molecule has 0 saturated carbocycles. The quantitative estimate of drug-likeness (QED) is 0.368. The highest BCUT2D eigenvalue weighted by Crippen LogP contribution is 2.27. The van der Waals surface area contributed by atoms with Crippen molar-refractivity contribution in [3.05, 3.63) is 71.2 Å². The number of benzene rings is 2. The van der Waals surface area contributed by atoms with Gasteiger partial charge in [-0.1, -0.05) is 46.3 Å². The van der Waals surface area contributed by atoms with E-state index in [1.807, 2.05) is 42.5 Å². The molecule has 0 spiro atoms. The Morgan fingerprint density at radius 1 is 1.08 bits per heavy atom. The van der Waals surface area contributed by atoms with Crippen LogP contribution in [0.25, 0.3) is 0 Å². The molecule has 0 aliphatic rings. The Morgan fingerprint density at radius 3 is 2.50 bits per heavy atom. The maximum Gasteiger partial charge on any atom is 0.224 e. The van der Waals surface area contributed by atoms with Gasteiger partial charge < -0.3 is 5.32 Å². The van der Waals surface area contributed by atoms with Crippen LogP contribution in [0.4, 0.5) is 5.69 Å². The molecule has 0 aliphatic heterocycles. The fourth-order valence-corrected chi connectivity index (χ4v) is 3.08. The third-order valence-electron chi connectivity index (χ3n) is 3.26. The average molecular weight is 404 g/mol. The molecule has 1 N–H and O–H groups in total. The summed E-state index contributed by atoms with van der Waals surface area (Å²) < 4.78 is 0.922. The minimum absolute atomic E-state index is 0.0352. The summed E-state index contributed by atoms with van der Waals surface area (Å²) in [4.78, 5) is 25.2. The molecule has 2 aromatic carbocycles. The number of hydrogen-bond donors (Lipinski definition) is 1.